The molecule has 2 amide bonds. The fraction of sp³-hybridized carbons (Fsp3) is 0.154. The van der Waals surface area contributed by atoms with Crippen LogP contribution in [0.3, 0.4) is 0 Å². The molecule has 24 heavy (non-hydrogen) atoms. The van der Waals surface area contributed by atoms with E-state index in [1.54, 1.807) is 0 Å². The van der Waals surface area contributed by atoms with Crippen LogP contribution >= 0.6 is 0 Å². The van der Waals surface area contributed by atoms with Gasteiger partial charge in [0.05, 0.1) is 23.4 Å². The average Bonchev–Trinajstić information content (AvgIpc) is 2.56. The van der Waals surface area contributed by atoms with E-state index >= 15 is 0 Å². The van der Waals surface area contributed by atoms with Crippen LogP contribution < -0.4 is 21.1 Å². The molecule has 0 aliphatic carbocycles. The Morgan fingerprint density at radius 3 is 1.58 bits per heavy atom. The van der Waals surface area contributed by atoms with Gasteiger partial charge < -0.3 is 19.8 Å². The minimum atomic E-state index is -1.56. The zero-order valence-electron chi connectivity index (χ0n) is 12.5. The van der Waals surface area contributed by atoms with Crippen molar-refractivity contribution in [2.75, 3.05) is 0 Å². The van der Waals surface area contributed by atoms with Gasteiger partial charge in [0.2, 0.25) is 0 Å². The van der Waals surface area contributed by atoms with E-state index in [1.165, 1.54) is 18.2 Å². The number of pyridine rings is 1. The molecule has 0 aliphatic rings. The van der Waals surface area contributed by atoms with Crippen LogP contribution in [0.25, 0.3) is 0 Å². The highest BCUT2D eigenvalue weighted by molar-refractivity contribution is 6.34. The van der Waals surface area contributed by atoms with Crippen LogP contribution in [0.4, 0.5) is 0 Å². The molecular formula is C13H11N5O6-2. The van der Waals surface area contributed by atoms with Gasteiger partial charge in [0.1, 0.15) is 11.4 Å². The molecule has 1 aromatic rings. The van der Waals surface area contributed by atoms with E-state index in [1.807, 2.05) is 10.9 Å². The molecule has 0 fully saturated rings. The topological polar surface area (TPSA) is 176 Å². The predicted molar refractivity (Wildman–Crippen MR) is 75.4 cm³/mol. The van der Waals surface area contributed by atoms with Crippen molar-refractivity contribution in [1.82, 2.24) is 15.8 Å². The largest absolute Gasteiger partial charge is 0.543 e. The molecule has 0 saturated carbocycles. The number of carbonyl (C=O) groups is 4. The molecule has 126 valence electrons. The molecule has 0 unspecified atom stereocenters. The fourth-order valence-electron chi connectivity index (χ4n) is 1.16. The van der Waals surface area contributed by atoms with Crippen LogP contribution in [-0.4, -0.2) is 40.2 Å². The third-order valence-corrected chi connectivity index (χ3v) is 2.46. The molecule has 0 radical (unpaired) electrons. The zero-order valence-corrected chi connectivity index (χ0v) is 12.5. The number of amides is 2. The SMILES string of the molecule is C/C(=N/NC(=O)c1cccc(C(=O)N/N=C(/C)C(=O)[O-])n1)C(=O)[O-]. The number of aromatic nitrogens is 1. The molecule has 0 atom stereocenters. The highest BCUT2D eigenvalue weighted by Gasteiger charge is 2.12. The molecule has 0 bridgehead atoms. The van der Waals surface area contributed by atoms with Crippen molar-refractivity contribution >= 4 is 35.2 Å². The molecule has 1 heterocycles. The first-order valence-corrected chi connectivity index (χ1v) is 6.31. The molecule has 0 aromatic carbocycles. The number of hydrogen-bond acceptors (Lipinski definition) is 9. The Hall–Kier alpha value is -3.63. The smallest absolute Gasteiger partial charge is 0.289 e. The summed E-state index contributed by atoms with van der Waals surface area (Å²) in [4.78, 5) is 48.1. The van der Waals surface area contributed by atoms with Crippen molar-refractivity contribution in [2.24, 2.45) is 10.2 Å². The van der Waals surface area contributed by atoms with Crippen molar-refractivity contribution in [3.8, 4) is 0 Å². The number of carboxylic acids is 2. The molecule has 0 saturated heterocycles. The van der Waals surface area contributed by atoms with E-state index < -0.39 is 35.2 Å². The monoisotopic (exact) mass is 333 g/mol. The third-order valence-electron chi connectivity index (χ3n) is 2.46. The maximum Gasteiger partial charge on any atom is 0.289 e. The first-order valence-electron chi connectivity index (χ1n) is 6.31. The van der Waals surface area contributed by atoms with Gasteiger partial charge in [-0.05, 0) is 26.0 Å². The van der Waals surface area contributed by atoms with Crippen molar-refractivity contribution < 1.29 is 29.4 Å². The number of rotatable bonds is 6. The van der Waals surface area contributed by atoms with Crippen LogP contribution in [0.1, 0.15) is 34.8 Å². The summed E-state index contributed by atoms with van der Waals surface area (Å²) < 4.78 is 0. The molecular weight excluding hydrogens is 322 g/mol. The minimum absolute atomic E-state index is 0.224. The number of hydrogen-bond donors (Lipinski definition) is 2. The van der Waals surface area contributed by atoms with Gasteiger partial charge >= 0.3 is 0 Å². The van der Waals surface area contributed by atoms with Crippen LogP contribution in [0, 0.1) is 0 Å². The molecule has 1 aromatic heterocycles. The first-order chi connectivity index (χ1) is 11.2. The predicted octanol–water partition coefficient (Wildman–Crippen LogP) is -3.21. The third kappa shape index (κ3) is 5.29. The zero-order chi connectivity index (χ0) is 18.3. The van der Waals surface area contributed by atoms with Crippen LogP contribution in [0.2, 0.25) is 0 Å². The lowest BCUT2D eigenvalue weighted by molar-refractivity contribution is -0.295. The van der Waals surface area contributed by atoms with E-state index in [0.717, 1.165) is 13.8 Å². The van der Waals surface area contributed by atoms with Gasteiger partial charge in [0.25, 0.3) is 11.8 Å². The summed E-state index contributed by atoms with van der Waals surface area (Å²) >= 11 is 0. The van der Waals surface area contributed by atoms with Gasteiger partial charge in [-0.3, -0.25) is 9.59 Å². The number of nitrogens with one attached hydrogen (secondary N) is 2. The maximum atomic E-state index is 11.8. The van der Waals surface area contributed by atoms with Gasteiger partial charge in [0, 0.05) is 0 Å². The molecule has 1 rings (SSSR count). The Morgan fingerprint density at radius 1 is 0.875 bits per heavy atom. The van der Waals surface area contributed by atoms with E-state index in [9.17, 15) is 29.4 Å². The van der Waals surface area contributed by atoms with Crippen LogP contribution in [0.15, 0.2) is 28.4 Å². The lowest BCUT2D eigenvalue weighted by Gasteiger charge is -2.05. The Balaban J connectivity index is 2.86. The molecule has 0 aliphatic heterocycles. The van der Waals surface area contributed by atoms with Gasteiger partial charge in [0.15, 0.2) is 0 Å². The Kier molecular flexibility index (Phi) is 6.23. The highest BCUT2D eigenvalue weighted by Crippen LogP contribution is 2.00. The van der Waals surface area contributed by atoms with Crippen molar-refractivity contribution in [3.63, 3.8) is 0 Å². The van der Waals surface area contributed by atoms with Gasteiger partial charge in [-0.15, -0.1) is 0 Å². The van der Waals surface area contributed by atoms with Gasteiger partial charge in [-0.1, -0.05) is 6.07 Å². The summed E-state index contributed by atoms with van der Waals surface area (Å²) in [7, 11) is 0. The minimum Gasteiger partial charge on any atom is -0.543 e. The Labute approximate surface area is 135 Å². The number of hydrazone groups is 2. The highest BCUT2D eigenvalue weighted by atomic mass is 16.4. The van der Waals surface area contributed by atoms with Gasteiger partial charge in [-0.2, -0.15) is 10.2 Å². The molecule has 11 heteroatoms. The number of nitrogens with zero attached hydrogens (tertiary/aromatic N) is 3. The van der Waals surface area contributed by atoms with E-state index in [-0.39, 0.29) is 11.4 Å². The summed E-state index contributed by atoms with van der Waals surface area (Å²) in [6.45, 7) is 2.23. The first kappa shape index (κ1) is 18.4. The molecule has 11 nitrogen and oxygen atoms in total. The Bertz CT molecular complexity index is 696. The summed E-state index contributed by atoms with van der Waals surface area (Å²) in [6, 6.07) is 3.85. The number of carbonyl (C=O) groups excluding carboxylic acids is 4. The molecule has 2 N–H and O–H groups in total. The lowest BCUT2D eigenvalue weighted by atomic mass is 10.3. The maximum absolute atomic E-state index is 11.8. The standard InChI is InChI=1S/C13H13N5O6/c1-6(12(21)22)15-17-10(19)8-4-3-5-9(14-8)11(20)18-16-7(2)13(23)24/h3-5H,1-2H3,(H,17,19)(H,18,20)(H,21,22)(H,23,24)/p-2/b15-6-,16-7-. The van der Waals surface area contributed by atoms with E-state index in [4.69, 9.17) is 0 Å². The lowest BCUT2D eigenvalue weighted by Crippen LogP contribution is -2.33. The van der Waals surface area contributed by atoms with E-state index in [2.05, 4.69) is 15.2 Å². The van der Waals surface area contributed by atoms with Gasteiger partial charge in [-0.25, -0.2) is 15.8 Å². The van der Waals surface area contributed by atoms with Crippen LogP contribution in [-0.2, 0) is 9.59 Å². The quantitative estimate of drug-likeness (QED) is 0.406. The average molecular weight is 333 g/mol. The second kappa shape index (κ2) is 8.12. The summed E-state index contributed by atoms with van der Waals surface area (Å²) in [5, 5.41) is 27.4. The number of aliphatic carboxylic acids is 2. The fourth-order valence-corrected chi connectivity index (χ4v) is 1.16. The van der Waals surface area contributed by atoms with Crippen molar-refractivity contribution in [2.45, 2.75) is 13.8 Å². The Morgan fingerprint density at radius 2 is 1.25 bits per heavy atom. The summed E-state index contributed by atoms with van der Waals surface area (Å²) in [5.41, 5.74) is 2.51. The van der Waals surface area contributed by atoms with E-state index in [0.29, 0.717) is 0 Å². The summed E-state index contributed by atoms with van der Waals surface area (Å²) in [6.07, 6.45) is 0. The second-order valence-electron chi connectivity index (χ2n) is 4.26. The second-order valence-corrected chi connectivity index (χ2v) is 4.26. The summed E-state index contributed by atoms with van der Waals surface area (Å²) in [5.74, 6) is -4.84. The van der Waals surface area contributed by atoms with Crippen molar-refractivity contribution in [1.29, 1.82) is 0 Å². The number of carboxylic acid groups (broad SMARTS) is 2. The van der Waals surface area contributed by atoms with Crippen molar-refractivity contribution in [3.05, 3.63) is 29.6 Å². The normalized spacial score (nSPS) is 11.6. The van der Waals surface area contributed by atoms with Crippen LogP contribution in [0.5, 0.6) is 0 Å². The molecule has 0 spiro atoms.